The molecule has 0 aromatic rings. The molecule has 1 N–H and O–H groups in total. The molecule has 0 saturated carbocycles. The van der Waals surface area contributed by atoms with E-state index in [0.29, 0.717) is 6.42 Å². The number of hydrogen-bond acceptors (Lipinski definition) is 2. The fourth-order valence-corrected chi connectivity index (χ4v) is 2.00. The Morgan fingerprint density at radius 3 is 2.86 bits per heavy atom. The summed E-state index contributed by atoms with van der Waals surface area (Å²) >= 11 is 0. The first kappa shape index (κ1) is 10.8. The molecule has 0 radical (unpaired) electrons. The van der Waals surface area contributed by atoms with E-state index in [-0.39, 0.29) is 5.92 Å². The van der Waals surface area contributed by atoms with Gasteiger partial charge in [-0.15, -0.1) is 0 Å². The highest BCUT2D eigenvalue weighted by atomic mass is 16.4. The Balaban J connectivity index is 2.98. The van der Waals surface area contributed by atoms with E-state index < -0.39 is 11.4 Å². The topological polar surface area (TPSA) is 61.1 Å². The molecule has 2 atom stereocenters. The molecule has 0 spiro atoms. The van der Waals surface area contributed by atoms with Crippen molar-refractivity contribution in [1.82, 2.24) is 0 Å². The van der Waals surface area contributed by atoms with E-state index >= 15 is 0 Å². The largest absolute Gasteiger partial charge is 0.480 e. The van der Waals surface area contributed by atoms with Crippen molar-refractivity contribution in [2.45, 2.75) is 32.6 Å². The lowest BCUT2D eigenvalue weighted by Gasteiger charge is -2.29. The van der Waals surface area contributed by atoms with Crippen LogP contribution < -0.4 is 0 Å². The van der Waals surface area contributed by atoms with Gasteiger partial charge in [0.05, 0.1) is 6.07 Å². The molecular formula is C11H15NO2. The highest BCUT2D eigenvalue weighted by molar-refractivity contribution is 5.78. The van der Waals surface area contributed by atoms with Gasteiger partial charge in [-0.1, -0.05) is 19.1 Å². The first-order valence-corrected chi connectivity index (χ1v) is 4.98. The summed E-state index contributed by atoms with van der Waals surface area (Å²) in [5, 5.41) is 18.2. The number of nitriles is 1. The molecule has 0 fully saturated rings. The van der Waals surface area contributed by atoms with Gasteiger partial charge in [-0.05, 0) is 25.7 Å². The molecule has 0 aromatic carbocycles. The summed E-state index contributed by atoms with van der Waals surface area (Å²) in [6, 6.07) is 1.98. The number of hydrogen-bond donors (Lipinski definition) is 1. The van der Waals surface area contributed by atoms with Crippen molar-refractivity contribution in [2.24, 2.45) is 11.3 Å². The van der Waals surface area contributed by atoms with Crippen LogP contribution in [0.15, 0.2) is 12.2 Å². The summed E-state index contributed by atoms with van der Waals surface area (Å²) in [6.45, 7) is 1.76. The predicted molar refractivity (Wildman–Crippen MR) is 52.5 cm³/mol. The summed E-state index contributed by atoms with van der Waals surface area (Å²) in [7, 11) is 0. The van der Waals surface area contributed by atoms with Crippen LogP contribution in [0.4, 0.5) is 0 Å². The van der Waals surface area contributed by atoms with Crippen LogP contribution in [0.5, 0.6) is 0 Å². The Kier molecular flexibility index (Phi) is 3.29. The minimum absolute atomic E-state index is 0.122. The first-order valence-electron chi connectivity index (χ1n) is 4.98. The number of carboxylic acid groups (broad SMARTS) is 1. The van der Waals surface area contributed by atoms with Gasteiger partial charge >= 0.3 is 5.97 Å². The molecule has 0 heterocycles. The summed E-state index contributed by atoms with van der Waals surface area (Å²) in [4.78, 5) is 11.1. The third-order valence-corrected chi connectivity index (χ3v) is 3.03. The number of carbonyl (C=O) groups is 1. The standard InChI is InChI=1S/C11H15NO2/c1-2-11(8-12,10(13)14)9-6-4-3-5-7-9/h4,6,9H,2-3,5,7H2,1H3,(H,13,14). The van der Waals surface area contributed by atoms with E-state index in [9.17, 15) is 4.79 Å². The third kappa shape index (κ3) is 1.65. The molecular weight excluding hydrogens is 178 g/mol. The SMILES string of the molecule is CCC(C#N)(C(=O)O)C1C=CCCC1. The Morgan fingerprint density at radius 1 is 1.79 bits per heavy atom. The molecule has 14 heavy (non-hydrogen) atoms. The second kappa shape index (κ2) is 4.28. The van der Waals surface area contributed by atoms with E-state index in [1.807, 2.05) is 18.2 Å². The minimum atomic E-state index is -1.21. The Morgan fingerprint density at radius 2 is 2.50 bits per heavy atom. The van der Waals surface area contributed by atoms with Gasteiger partial charge in [-0.3, -0.25) is 4.79 Å². The summed E-state index contributed by atoms with van der Waals surface area (Å²) in [6.07, 6.45) is 7.04. The second-order valence-corrected chi connectivity index (χ2v) is 3.71. The molecule has 0 saturated heterocycles. The number of rotatable bonds is 3. The molecule has 76 valence electrons. The van der Waals surface area contributed by atoms with Crippen LogP contribution in [0.3, 0.4) is 0 Å². The van der Waals surface area contributed by atoms with Gasteiger partial charge in [0.25, 0.3) is 0 Å². The maximum atomic E-state index is 11.1. The summed E-state index contributed by atoms with van der Waals surface area (Å²) in [5.41, 5.74) is -1.21. The quantitative estimate of drug-likeness (QED) is 0.700. The number of carboxylic acids is 1. The van der Waals surface area contributed by atoms with Gasteiger partial charge in [0.2, 0.25) is 0 Å². The molecule has 0 bridgehead atoms. The minimum Gasteiger partial charge on any atom is -0.480 e. The fourth-order valence-electron chi connectivity index (χ4n) is 2.00. The molecule has 3 nitrogen and oxygen atoms in total. The smallest absolute Gasteiger partial charge is 0.324 e. The lowest BCUT2D eigenvalue weighted by Crippen LogP contribution is -2.36. The molecule has 1 rings (SSSR count). The van der Waals surface area contributed by atoms with Gasteiger partial charge < -0.3 is 5.11 Å². The number of allylic oxidation sites excluding steroid dienone is 2. The Bertz CT molecular complexity index is 290. The van der Waals surface area contributed by atoms with Crippen LogP contribution in [0.1, 0.15) is 32.6 Å². The van der Waals surface area contributed by atoms with Gasteiger partial charge in [0.1, 0.15) is 0 Å². The van der Waals surface area contributed by atoms with Crippen LogP contribution >= 0.6 is 0 Å². The molecule has 2 unspecified atom stereocenters. The zero-order valence-electron chi connectivity index (χ0n) is 8.36. The average Bonchev–Trinajstić information content (AvgIpc) is 2.22. The van der Waals surface area contributed by atoms with E-state index in [0.717, 1.165) is 19.3 Å². The van der Waals surface area contributed by atoms with Crippen molar-refractivity contribution in [1.29, 1.82) is 5.26 Å². The van der Waals surface area contributed by atoms with Crippen molar-refractivity contribution in [3.8, 4) is 6.07 Å². The molecule has 1 aliphatic carbocycles. The van der Waals surface area contributed by atoms with Crippen molar-refractivity contribution >= 4 is 5.97 Å². The first-order chi connectivity index (χ1) is 6.67. The Hall–Kier alpha value is -1.30. The molecule has 0 aromatic heterocycles. The molecule has 0 aliphatic heterocycles. The lowest BCUT2D eigenvalue weighted by atomic mass is 9.70. The molecule has 1 aliphatic rings. The zero-order valence-corrected chi connectivity index (χ0v) is 8.36. The van der Waals surface area contributed by atoms with Gasteiger partial charge in [0.15, 0.2) is 5.41 Å². The normalized spacial score (nSPS) is 25.0. The average molecular weight is 193 g/mol. The predicted octanol–water partition coefficient (Wildman–Crippen LogP) is 2.35. The van der Waals surface area contributed by atoms with Crippen molar-refractivity contribution in [3.05, 3.63) is 12.2 Å². The molecule has 0 amide bonds. The summed E-state index contributed by atoms with van der Waals surface area (Å²) in [5.74, 6) is -1.11. The van der Waals surface area contributed by atoms with Gasteiger partial charge in [-0.25, -0.2) is 0 Å². The van der Waals surface area contributed by atoms with E-state index in [4.69, 9.17) is 10.4 Å². The van der Waals surface area contributed by atoms with E-state index in [1.165, 1.54) is 0 Å². The van der Waals surface area contributed by atoms with E-state index in [2.05, 4.69) is 0 Å². The van der Waals surface area contributed by atoms with Crippen LogP contribution in [0.25, 0.3) is 0 Å². The number of nitrogens with zero attached hydrogens (tertiary/aromatic N) is 1. The highest BCUT2D eigenvalue weighted by Gasteiger charge is 2.43. The van der Waals surface area contributed by atoms with Crippen molar-refractivity contribution < 1.29 is 9.90 Å². The highest BCUT2D eigenvalue weighted by Crippen LogP contribution is 2.37. The zero-order chi connectivity index (χ0) is 10.6. The maximum Gasteiger partial charge on any atom is 0.324 e. The van der Waals surface area contributed by atoms with Crippen LogP contribution in [0, 0.1) is 22.7 Å². The fraction of sp³-hybridized carbons (Fsp3) is 0.636. The molecule has 3 heteroatoms. The number of aliphatic carboxylic acids is 1. The monoisotopic (exact) mass is 193 g/mol. The van der Waals surface area contributed by atoms with E-state index in [1.54, 1.807) is 6.92 Å². The lowest BCUT2D eigenvalue weighted by molar-refractivity contribution is -0.147. The summed E-state index contributed by atoms with van der Waals surface area (Å²) < 4.78 is 0. The van der Waals surface area contributed by atoms with Crippen LogP contribution in [-0.4, -0.2) is 11.1 Å². The van der Waals surface area contributed by atoms with Crippen molar-refractivity contribution in [2.75, 3.05) is 0 Å². The van der Waals surface area contributed by atoms with Crippen molar-refractivity contribution in [3.63, 3.8) is 0 Å². The van der Waals surface area contributed by atoms with Gasteiger partial charge in [-0.2, -0.15) is 5.26 Å². The maximum absolute atomic E-state index is 11.1. The van der Waals surface area contributed by atoms with Crippen LogP contribution in [0.2, 0.25) is 0 Å². The second-order valence-electron chi connectivity index (χ2n) is 3.71. The van der Waals surface area contributed by atoms with Crippen LogP contribution in [-0.2, 0) is 4.79 Å². The van der Waals surface area contributed by atoms with Gasteiger partial charge in [0, 0.05) is 5.92 Å². The third-order valence-electron chi connectivity index (χ3n) is 3.03. The Labute approximate surface area is 84.0 Å².